The van der Waals surface area contributed by atoms with Crippen LogP contribution in [0.2, 0.25) is 0 Å². The summed E-state index contributed by atoms with van der Waals surface area (Å²) in [6, 6.07) is 10.1. The van der Waals surface area contributed by atoms with Crippen molar-refractivity contribution in [2.75, 3.05) is 6.61 Å². The Bertz CT molecular complexity index is 608. The van der Waals surface area contributed by atoms with Gasteiger partial charge in [-0.3, -0.25) is 20.4 Å². The molecule has 0 aliphatic carbocycles. The van der Waals surface area contributed by atoms with Gasteiger partial charge >= 0.3 is 0 Å². The van der Waals surface area contributed by atoms with E-state index in [-0.39, 0.29) is 0 Å². The third-order valence-electron chi connectivity index (χ3n) is 2.70. The summed E-state index contributed by atoms with van der Waals surface area (Å²) in [5.74, 6) is -0.191. The molecule has 1 aromatic heterocycles. The molecule has 0 saturated heterocycles. The van der Waals surface area contributed by atoms with Gasteiger partial charge in [0.2, 0.25) is 0 Å². The molecule has 1 aromatic carbocycles. The second kappa shape index (κ2) is 7.14. The Morgan fingerprint density at radius 3 is 2.67 bits per heavy atom. The maximum absolute atomic E-state index is 12.0. The van der Waals surface area contributed by atoms with Crippen molar-refractivity contribution in [2.45, 2.75) is 13.3 Å². The molecule has 0 fully saturated rings. The van der Waals surface area contributed by atoms with Crippen LogP contribution in [0, 0.1) is 0 Å². The van der Waals surface area contributed by atoms with Crippen molar-refractivity contribution in [3.05, 3.63) is 53.9 Å². The maximum atomic E-state index is 12.0. The molecule has 0 atom stereocenters. The SMILES string of the molecule is CCCOc1cccc(C(=O)NNC(=O)c2ccc[nH]2)c1. The van der Waals surface area contributed by atoms with E-state index in [0.717, 1.165) is 6.42 Å². The van der Waals surface area contributed by atoms with E-state index in [1.54, 1.807) is 42.6 Å². The van der Waals surface area contributed by atoms with Gasteiger partial charge in [-0.05, 0) is 36.8 Å². The number of ether oxygens (including phenoxy) is 1. The molecule has 6 heteroatoms. The molecular formula is C15H17N3O3. The van der Waals surface area contributed by atoms with Gasteiger partial charge in [-0.2, -0.15) is 0 Å². The van der Waals surface area contributed by atoms with Gasteiger partial charge < -0.3 is 9.72 Å². The minimum absolute atomic E-state index is 0.371. The normalized spacial score (nSPS) is 9.95. The molecule has 110 valence electrons. The molecule has 0 aliphatic heterocycles. The summed E-state index contributed by atoms with van der Waals surface area (Å²) >= 11 is 0. The van der Waals surface area contributed by atoms with Crippen LogP contribution in [0.5, 0.6) is 5.75 Å². The molecular weight excluding hydrogens is 270 g/mol. The molecule has 0 bridgehead atoms. The number of nitrogens with one attached hydrogen (secondary N) is 3. The Kier molecular flexibility index (Phi) is 4.98. The van der Waals surface area contributed by atoms with E-state index in [1.807, 2.05) is 6.92 Å². The third-order valence-corrected chi connectivity index (χ3v) is 2.70. The third kappa shape index (κ3) is 4.10. The fourth-order valence-corrected chi connectivity index (χ4v) is 1.67. The minimum Gasteiger partial charge on any atom is -0.494 e. The molecule has 2 rings (SSSR count). The van der Waals surface area contributed by atoms with Crippen LogP contribution < -0.4 is 15.6 Å². The predicted octanol–water partition coefficient (Wildman–Crippen LogP) is 1.88. The Hall–Kier alpha value is -2.76. The minimum atomic E-state index is -0.410. The van der Waals surface area contributed by atoms with Gasteiger partial charge in [0.15, 0.2) is 0 Å². The first-order valence-corrected chi connectivity index (χ1v) is 6.67. The molecule has 0 aliphatic rings. The summed E-state index contributed by atoms with van der Waals surface area (Å²) in [5.41, 5.74) is 5.47. The number of aromatic nitrogens is 1. The fraction of sp³-hybridized carbons (Fsp3) is 0.200. The van der Waals surface area contributed by atoms with Gasteiger partial charge in [0.25, 0.3) is 11.8 Å². The van der Waals surface area contributed by atoms with Gasteiger partial charge in [-0.25, -0.2) is 0 Å². The molecule has 0 saturated carbocycles. The van der Waals surface area contributed by atoms with Crippen LogP contribution >= 0.6 is 0 Å². The number of hydrazine groups is 1. The highest BCUT2D eigenvalue weighted by Gasteiger charge is 2.10. The standard InChI is InChI=1S/C15H17N3O3/c1-2-9-21-12-6-3-5-11(10-12)14(19)17-18-15(20)13-7-4-8-16-13/h3-8,10,16H,2,9H2,1H3,(H,17,19)(H,18,20). The summed E-state index contributed by atoms with van der Waals surface area (Å²) in [5, 5.41) is 0. The molecule has 1 heterocycles. The summed E-state index contributed by atoms with van der Waals surface area (Å²) < 4.78 is 5.46. The summed E-state index contributed by atoms with van der Waals surface area (Å²) in [4.78, 5) is 26.4. The van der Waals surface area contributed by atoms with Crippen LogP contribution in [-0.2, 0) is 0 Å². The number of carbonyl (C=O) groups excluding carboxylic acids is 2. The van der Waals surface area contributed by atoms with Crippen LogP contribution in [0.3, 0.4) is 0 Å². The van der Waals surface area contributed by atoms with Crippen molar-refractivity contribution in [1.29, 1.82) is 0 Å². The Morgan fingerprint density at radius 2 is 1.95 bits per heavy atom. The van der Waals surface area contributed by atoms with E-state index in [4.69, 9.17) is 4.74 Å². The van der Waals surface area contributed by atoms with E-state index in [0.29, 0.717) is 23.6 Å². The topological polar surface area (TPSA) is 83.2 Å². The lowest BCUT2D eigenvalue weighted by Gasteiger charge is -2.08. The zero-order valence-electron chi connectivity index (χ0n) is 11.7. The van der Waals surface area contributed by atoms with Crippen molar-refractivity contribution < 1.29 is 14.3 Å². The van der Waals surface area contributed by atoms with Gasteiger partial charge in [0, 0.05) is 11.8 Å². The monoisotopic (exact) mass is 287 g/mol. The number of hydrogen-bond donors (Lipinski definition) is 3. The van der Waals surface area contributed by atoms with Gasteiger partial charge in [-0.15, -0.1) is 0 Å². The molecule has 0 unspecified atom stereocenters. The van der Waals surface area contributed by atoms with Crippen LogP contribution in [0.4, 0.5) is 0 Å². The second-order valence-corrected chi connectivity index (χ2v) is 4.37. The Balaban J connectivity index is 1.92. The first kappa shape index (κ1) is 14.6. The second-order valence-electron chi connectivity index (χ2n) is 4.37. The van der Waals surface area contributed by atoms with Crippen molar-refractivity contribution in [3.8, 4) is 5.75 Å². The van der Waals surface area contributed by atoms with Crippen molar-refractivity contribution >= 4 is 11.8 Å². The molecule has 6 nitrogen and oxygen atoms in total. The van der Waals surface area contributed by atoms with Crippen LogP contribution in [-0.4, -0.2) is 23.4 Å². The van der Waals surface area contributed by atoms with Crippen LogP contribution in [0.1, 0.15) is 34.2 Å². The van der Waals surface area contributed by atoms with Gasteiger partial charge in [-0.1, -0.05) is 13.0 Å². The predicted molar refractivity (Wildman–Crippen MR) is 78.0 cm³/mol. The molecule has 2 aromatic rings. The lowest BCUT2D eigenvalue weighted by atomic mass is 10.2. The zero-order chi connectivity index (χ0) is 15.1. The highest BCUT2D eigenvalue weighted by atomic mass is 16.5. The molecule has 0 radical (unpaired) electrons. The number of H-pyrrole nitrogens is 1. The largest absolute Gasteiger partial charge is 0.494 e. The number of hydrogen-bond acceptors (Lipinski definition) is 3. The zero-order valence-corrected chi connectivity index (χ0v) is 11.7. The quantitative estimate of drug-likeness (QED) is 0.734. The Labute approximate surface area is 122 Å². The lowest BCUT2D eigenvalue weighted by Crippen LogP contribution is -2.41. The van der Waals surface area contributed by atoms with Crippen molar-refractivity contribution in [3.63, 3.8) is 0 Å². The van der Waals surface area contributed by atoms with Crippen molar-refractivity contribution in [1.82, 2.24) is 15.8 Å². The summed E-state index contributed by atoms with van der Waals surface area (Å²) in [6.07, 6.45) is 2.52. The molecule has 0 spiro atoms. The van der Waals surface area contributed by atoms with E-state index >= 15 is 0 Å². The highest BCUT2D eigenvalue weighted by molar-refractivity contribution is 5.98. The molecule has 2 amide bonds. The van der Waals surface area contributed by atoms with Crippen LogP contribution in [0.25, 0.3) is 0 Å². The Morgan fingerprint density at radius 1 is 1.14 bits per heavy atom. The first-order valence-electron chi connectivity index (χ1n) is 6.67. The number of amides is 2. The number of rotatable bonds is 5. The molecule has 3 N–H and O–H groups in total. The lowest BCUT2D eigenvalue weighted by molar-refractivity contribution is 0.0844. The van der Waals surface area contributed by atoms with Gasteiger partial charge in [0.05, 0.1) is 6.61 Å². The molecule has 21 heavy (non-hydrogen) atoms. The number of aromatic amines is 1. The average molecular weight is 287 g/mol. The highest BCUT2D eigenvalue weighted by Crippen LogP contribution is 2.13. The maximum Gasteiger partial charge on any atom is 0.286 e. The summed E-state index contributed by atoms with van der Waals surface area (Å²) in [6.45, 7) is 2.60. The average Bonchev–Trinajstić information content (AvgIpc) is 3.05. The van der Waals surface area contributed by atoms with E-state index in [1.165, 1.54) is 0 Å². The van der Waals surface area contributed by atoms with E-state index < -0.39 is 11.8 Å². The van der Waals surface area contributed by atoms with Gasteiger partial charge in [0.1, 0.15) is 11.4 Å². The first-order chi connectivity index (χ1) is 10.2. The van der Waals surface area contributed by atoms with E-state index in [9.17, 15) is 9.59 Å². The van der Waals surface area contributed by atoms with E-state index in [2.05, 4.69) is 15.8 Å². The fourth-order valence-electron chi connectivity index (χ4n) is 1.67. The summed E-state index contributed by atoms with van der Waals surface area (Å²) in [7, 11) is 0. The van der Waals surface area contributed by atoms with Crippen LogP contribution in [0.15, 0.2) is 42.6 Å². The smallest absolute Gasteiger partial charge is 0.286 e. The van der Waals surface area contributed by atoms with Crippen molar-refractivity contribution in [2.24, 2.45) is 0 Å². The number of benzene rings is 1. The number of carbonyl (C=O) groups is 2.